The molecule has 4 rings (SSSR count). The van der Waals surface area contributed by atoms with Crippen molar-refractivity contribution < 1.29 is 0 Å². The summed E-state index contributed by atoms with van der Waals surface area (Å²) in [5.74, 6) is 1.55. The van der Waals surface area contributed by atoms with Crippen molar-refractivity contribution in [2.24, 2.45) is 0 Å². The number of hydrogen-bond acceptors (Lipinski definition) is 3. The minimum absolute atomic E-state index is 0.565. The molecule has 0 aliphatic heterocycles. The zero-order chi connectivity index (χ0) is 14.2. The molecular formula is C17H14BrN3. The Balaban J connectivity index is 1.74. The molecule has 0 unspecified atom stereocenters. The lowest BCUT2D eigenvalue weighted by Crippen LogP contribution is -2.00. The van der Waals surface area contributed by atoms with Crippen LogP contribution in [0.5, 0.6) is 0 Å². The maximum Gasteiger partial charge on any atom is 0.132 e. The summed E-state index contributed by atoms with van der Waals surface area (Å²) >= 11 is 3.51. The standard InChI is InChI=1S/C17H14BrN3/c18-16-10-13(20-17(21-16)11-5-6-11)9-12-7-8-19-15-4-2-1-3-14(12)15/h1-4,7-8,10-11H,5-6,9H2. The SMILES string of the molecule is Brc1cc(Cc2ccnc3ccccc23)nc(C2CC2)n1. The highest BCUT2D eigenvalue weighted by atomic mass is 79.9. The average Bonchev–Trinajstić information content (AvgIpc) is 3.32. The maximum absolute atomic E-state index is 4.74. The van der Waals surface area contributed by atoms with Gasteiger partial charge in [-0.25, -0.2) is 9.97 Å². The van der Waals surface area contributed by atoms with Crippen LogP contribution < -0.4 is 0 Å². The Kier molecular flexibility index (Phi) is 3.19. The molecule has 0 saturated heterocycles. The molecule has 0 atom stereocenters. The van der Waals surface area contributed by atoms with Gasteiger partial charge in [0.1, 0.15) is 10.4 Å². The van der Waals surface area contributed by atoms with Crippen LogP contribution in [-0.4, -0.2) is 15.0 Å². The number of benzene rings is 1. The first-order valence-corrected chi connectivity index (χ1v) is 7.95. The van der Waals surface area contributed by atoms with Crippen molar-refractivity contribution in [3.8, 4) is 0 Å². The van der Waals surface area contributed by atoms with Gasteiger partial charge in [-0.1, -0.05) is 18.2 Å². The second-order valence-corrected chi connectivity index (χ2v) is 6.29. The molecule has 0 amide bonds. The number of pyridine rings is 1. The summed E-state index contributed by atoms with van der Waals surface area (Å²) in [6, 6.07) is 12.3. The quantitative estimate of drug-likeness (QED) is 0.669. The summed E-state index contributed by atoms with van der Waals surface area (Å²) in [4.78, 5) is 13.6. The van der Waals surface area contributed by atoms with E-state index in [1.165, 1.54) is 23.8 Å². The van der Waals surface area contributed by atoms with Crippen molar-refractivity contribution in [2.45, 2.75) is 25.2 Å². The van der Waals surface area contributed by atoms with E-state index in [0.29, 0.717) is 5.92 Å². The van der Waals surface area contributed by atoms with E-state index in [4.69, 9.17) is 4.98 Å². The fourth-order valence-corrected chi connectivity index (χ4v) is 3.05. The summed E-state index contributed by atoms with van der Waals surface area (Å²) in [5, 5.41) is 1.20. The van der Waals surface area contributed by atoms with Gasteiger partial charge >= 0.3 is 0 Å². The van der Waals surface area contributed by atoms with Crippen LogP contribution in [0.25, 0.3) is 10.9 Å². The number of hydrogen-bond donors (Lipinski definition) is 0. The normalized spacial score (nSPS) is 14.5. The first kappa shape index (κ1) is 12.9. The van der Waals surface area contributed by atoms with E-state index in [9.17, 15) is 0 Å². The van der Waals surface area contributed by atoms with Gasteiger partial charge in [-0.3, -0.25) is 4.98 Å². The molecule has 3 nitrogen and oxygen atoms in total. The molecule has 2 heterocycles. The molecule has 2 aromatic heterocycles. The van der Waals surface area contributed by atoms with Gasteiger partial charge in [0.05, 0.1) is 5.52 Å². The average molecular weight is 340 g/mol. The number of aromatic nitrogens is 3. The Morgan fingerprint density at radius 3 is 2.81 bits per heavy atom. The molecule has 1 aliphatic rings. The molecule has 1 saturated carbocycles. The molecule has 1 aliphatic carbocycles. The van der Waals surface area contributed by atoms with Crippen molar-refractivity contribution in [3.63, 3.8) is 0 Å². The Morgan fingerprint density at radius 2 is 1.95 bits per heavy atom. The Hall–Kier alpha value is -1.81. The number of para-hydroxylation sites is 1. The van der Waals surface area contributed by atoms with Crippen LogP contribution in [0.3, 0.4) is 0 Å². The van der Waals surface area contributed by atoms with Gasteiger partial charge in [0.2, 0.25) is 0 Å². The highest BCUT2D eigenvalue weighted by Gasteiger charge is 2.27. The lowest BCUT2D eigenvalue weighted by atomic mass is 10.0. The van der Waals surface area contributed by atoms with E-state index in [0.717, 1.165) is 28.1 Å². The fraction of sp³-hybridized carbons (Fsp3) is 0.235. The summed E-state index contributed by atoms with van der Waals surface area (Å²) in [7, 11) is 0. The smallest absolute Gasteiger partial charge is 0.132 e. The molecule has 0 spiro atoms. The van der Waals surface area contributed by atoms with Crippen LogP contribution in [-0.2, 0) is 6.42 Å². The molecule has 104 valence electrons. The lowest BCUT2D eigenvalue weighted by Gasteiger charge is -2.07. The molecule has 0 N–H and O–H groups in total. The second-order valence-electron chi connectivity index (χ2n) is 5.48. The summed E-state index contributed by atoms with van der Waals surface area (Å²) in [6.07, 6.45) is 5.11. The zero-order valence-electron chi connectivity index (χ0n) is 11.5. The predicted octanol–water partition coefficient (Wildman–Crippen LogP) is 4.26. The van der Waals surface area contributed by atoms with Gasteiger partial charge in [0.25, 0.3) is 0 Å². The summed E-state index contributed by atoms with van der Waals surface area (Å²) in [5.41, 5.74) is 3.36. The minimum atomic E-state index is 0.565. The second kappa shape index (κ2) is 5.19. The molecule has 1 aromatic carbocycles. The van der Waals surface area contributed by atoms with Crippen LogP contribution >= 0.6 is 15.9 Å². The first-order valence-electron chi connectivity index (χ1n) is 7.15. The highest BCUT2D eigenvalue weighted by Crippen LogP contribution is 2.38. The van der Waals surface area contributed by atoms with Crippen LogP contribution in [0.4, 0.5) is 0 Å². The van der Waals surface area contributed by atoms with Crippen molar-refractivity contribution in [1.82, 2.24) is 15.0 Å². The Labute approximate surface area is 131 Å². The Morgan fingerprint density at radius 1 is 1.10 bits per heavy atom. The molecule has 3 aromatic rings. The molecule has 21 heavy (non-hydrogen) atoms. The lowest BCUT2D eigenvalue weighted by molar-refractivity contribution is 0.877. The minimum Gasteiger partial charge on any atom is -0.256 e. The third kappa shape index (κ3) is 2.68. The van der Waals surface area contributed by atoms with Crippen molar-refractivity contribution in [1.29, 1.82) is 0 Å². The van der Waals surface area contributed by atoms with Crippen LogP contribution in [0.15, 0.2) is 47.2 Å². The van der Waals surface area contributed by atoms with E-state index in [1.807, 2.05) is 24.4 Å². The van der Waals surface area contributed by atoms with Crippen molar-refractivity contribution in [3.05, 3.63) is 64.3 Å². The fourth-order valence-electron chi connectivity index (χ4n) is 2.60. The van der Waals surface area contributed by atoms with Gasteiger partial charge in [0, 0.05) is 29.6 Å². The first-order chi connectivity index (χ1) is 10.3. The molecular weight excluding hydrogens is 326 g/mol. The monoisotopic (exact) mass is 339 g/mol. The van der Waals surface area contributed by atoms with Crippen LogP contribution in [0.2, 0.25) is 0 Å². The van der Waals surface area contributed by atoms with Gasteiger partial charge < -0.3 is 0 Å². The van der Waals surface area contributed by atoms with Crippen LogP contribution in [0, 0.1) is 0 Å². The largest absolute Gasteiger partial charge is 0.256 e. The third-order valence-corrected chi connectivity index (χ3v) is 4.22. The number of fused-ring (bicyclic) bond motifs is 1. The molecule has 1 fully saturated rings. The summed E-state index contributed by atoms with van der Waals surface area (Å²) < 4.78 is 0.882. The number of rotatable bonds is 3. The molecule has 0 radical (unpaired) electrons. The summed E-state index contributed by atoms with van der Waals surface area (Å²) in [6.45, 7) is 0. The van der Waals surface area contributed by atoms with Gasteiger partial charge in [-0.2, -0.15) is 0 Å². The van der Waals surface area contributed by atoms with Crippen molar-refractivity contribution in [2.75, 3.05) is 0 Å². The number of halogens is 1. The maximum atomic E-state index is 4.74. The topological polar surface area (TPSA) is 38.7 Å². The van der Waals surface area contributed by atoms with E-state index in [1.54, 1.807) is 0 Å². The highest BCUT2D eigenvalue weighted by molar-refractivity contribution is 9.10. The molecule has 0 bridgehead atoms. The molecule has 4 heteroatoms. The van der Waals surface area contributed by atoms with E-state index >= 15 is 0 Å². The van der Waals surface area contributed by atoms with Gasteiger partial charge in [-0.05, 0) is 52.5 Å². The van der Waals surface area contributed by atoms with Gasteiger partial charge in [0.15, 0.2) is 0 Å². The number of nitrogens with zero attached hydrogens (tertiary/aromatic N) is 3. The van der Waals surface area contributed by atoms with Gasteiger partial charge in [-0.15, -0.1) is 0 Å². The van der Waals surface area contributed by atoms with E-state index in [2.05, 4.69) is 44.1 Å². The van der Waals surface area contributed by atoms with Crippen molar-refractivity contribution >= 4 is 26.8 Å². The third-order valence-electron chi connectivity index (χ3n) is 3.82. The Bertz CT molecular complexity index is 807. The predicted molar refractivity (Wildman–Crippen MR) is 86.3 cm³/mol. The zero-order valence-corrected chi connectivity index (χ0v) is 13.0. The van der Waals surface area contributed by atoms with E-state index < -0.39 is 0 Å². The van der Waals surface area contributed by atoms with Crippen LogP contribution in [0.1, 0.15) is 35.8 Å². The van der Waals surface area contributed by atoms with E-state index in [-0.39, 0.29) is 0 Å².